The minimum atomic E-state index is -3.74. The van der Waals surface area contributed by atoms with E-state index < -0.39 is 16.0 Å². The molecule has 0 atom stereocenters. The monoisotopic (exact) mass is 351 g/mol. The van der Waals surface area contributed by atoms with Gasteiger partial charge in [0.05, 0.1) is 17.0 Å². The molecule has 0 amide bonds. The summed E-state index contributed by atoms with van der Waals surface area (Å²) < 4.78 is 29.2. The minimum absolute atomic E-state index is 0.0342. The Hall–Kier alpha value is -2.19. The van der Waals surface area contributed by atoms with Gasteiger partial charge >= 0.3 is 5.97 Å². The number of sulfonamides is 1. The lowest BCUT2D eigenvalue weighted by Gasteiger charge is -2.12. The highest BCUT2D eigenvalue weighted by Gasteiger charge is 2.18. The van der Waals surface area contributed by atoms with Gasteiger partial charge in [0.2, 0.25) is 10.0 Å². The zero-order valence-corrected chi connectivity index (χ0v) is 14.7. The zero-order valence-electron chi connectivity index (χ0n) is 13.9. The van der Waals surface area contributed by atoms with Gasteiger partial charge in [-0.2, -0.15) is 0 Å². The van der Waals surface area contributed by atoms with Crippen LogP contribution in [-0.4, -0.2) is 29.0 Å². The van der Waals surface area contributed by atoms with E-state index in [1.165, 1.54) is 18.2 Å². The molecule has 1 heterocycles. The smallest absolute Gasteiger partial charge is 0.335 e. The summed E-state index contributed by atoms with van der Waals surface area (Å²) in [7, 11) is -3.74. The maximum atomic E-state index is 12.4. The third-order valence-corrected chi connectivity index (χ3v) is 4.92. The van der Waals surface area contributed by atoms with Crippen LogP contribution in [0.3, 0.4) is 0 Å². The number of aryl methyl sites for hydroxylation is 1. The first kappa shape index (κ1) is 18.2. The fourth-order valence-electron chi connectivity index (χ4n) is 2.35. The number of benzene rings is 1. The molecule has 0 spiro atoms. The van der Waals surface area contributed by atoms with Crippen molar-refractivity contribution in [2.75, 3.05) is 0 Å². The molecule has 2 N–H and O–H groups in total. The molecule has 0 aliphatic carbocycles. The summed E-state index contributed by atoms with van der Waals surface area (Å²) in [5.41, 5.74) is 0.480. The Bertz CT molecular complexity index is 841. The standard InChI is InChI=1S/C16H21N3O4S/c1-11(2)10-19-7-6-17-15(19)9-18-24(22,23)13-4-5-14(16(20)21)12(3)8-13/h4-8,11,18H,9-10H2,1-3H3,(H,20,21). The molecule has 0 aliphatic rings. The Morgan fingerprint density at radius 2 is 2.08 bits per heavy atom. The molecule has 0 aliphatic heterocycles. The molecule has 0 saturated heterocycles. The van der Waals surface area contributed by atoms with Gasteiger partial charge in [0, 0.05) is 18.9 Å². The number of carbonyl (C=O) groups is 1. The molecular formula is C16H21N3O4S. The fourth-order valence-corrected chi connectivity index (χ4v) is 3.42. The molecule has 130 valence electrons. The highest BCUT2D eigenvalue weighted by Crippen LogP contribution is 2.16. The minimum Gasteiger partial charge on any atom is -0.478 e. The summed E-state index contributed by atoms with van der Waals surface area (Å²) in [6.45, 7) is 6.53. The average Bonchev–Trinajstić information content (AvgIpc) is 2.91. The molecule has 0 saturated carbocycles. The van der Waals surface area contributed by atoms with Crippen molar-refractivity contribution in [2.24, 2.45) is 5.92 Å². The largest absolute Gasteiger partial charge is 0.478 e. The summed E-state index contributed by atoms with van der Waals surface area (Å²) in [5.74, 6) is -0.0351. The Morgan fingerprint density at radius 1 is 1.38 bits per heavy atom. The van der Waals surface area contributed by atoms with Crippen LogP contribution in [0.1, 0.15) is 35.6 Å². The summed E-state index contributed by atoms with van der Waals surface area (Å²) in [4.78, 5) is 15.2. The quantitative estimate of drug-likeness (QED) is 0.795. The number of hydrogen-bond acceptors (Lipinski definition) is 4. The van der Waals surface area contributed by atoms with Crippen molar-refractivity contribution in [1.82, 2.24) is 14.3 Å². The first-order valence-electron chi connectivity index (χ1n) is 7.54. The second-order valence-electron chi connectivity index (χ2n) is 6.00. The first-order valence-corrected chi connectivity index (χ1v) is 9.02. The second kappa shape index (κ2) is 7.14. The van der Waals surface area contributed by atoms with E-state index in [4.69, 9.17) is 5.11 Å². The van der Waals surface area contributed by atoms with Crippen molar-refractivity contribution in [2.45, 2.75) is 38.8 Å². The van der Waals surface area contributed by atoms with Gasteiger partial charge in [-0.05, 0) is 36.6 Å². The van der Waals surface area contributed by atoms with E-state index in [1.54, 1.807) is 13.1 Å². The van der Waals surface area contributed by atoms with Crippen LogP contribution in [0, 0.1) is 12.8 Å². The number of nitrogens with zero attached hydrogens (tertiary/aromatic N) is 2. The molecule has 0 bridgehead atoms. The van der Waals surface area contributed by atoms with Crippen LogP contribution in [0.5, 0.6) is 0 Å². The first-order chi connectivity index (χ1) is 11.2. The zero-order chi connectivity index (χ0) is 17.9. The topological polar surface area (TPSA) is 101 Å². The normalized spacial score (nSPS) is 11.8. The van der Waals surface area contributed by atoms with Crippen LogP contribution in [0.15, 0.2) is 35.5 Å². The third-order valence-electron chi connectivity index (χ3n) is 3.52. The molecule has 24 heavy (non-hydrogen) atoms. The summed E-state index contributed by atoms with van der Waals surface area (Å²) in [6, 6.07) is 3.94. The molecule has 2 aromatic rings. The van der Waals surface area contributed by atoms with E-state index in [-0.39, 0.29) is 17.0 Å². The Labute approximate surface area is 141 Å². The van der Waals surface area contributed by atoms with Crippen LogP contribution >= 0.6 is 0 Å². The Kier molecular flexibility index (Phi) is 5.40. The molecular weight excluding hydrogens is 330 g/mol. The molecule has 0 unspecified atom stereocenters. The third kappa shape index (κ3) is 4.21. The van der Waals surface area contributed by atoms with Crippen LogP contribution in [-0.2, 0) is 23.1 Å². The number of hydrogen-bond donors (Lipinski definition) is 2. The number of aromatic nitrogens is 2. The van der Waals surface area contributed by atoms with Gasteiger partial charge in [-0.1, -0.05) is 13.8 Å². The van der Waals surface area contributed by atoms with Crippen LogP contribution in [0.4, 0.5) is 0 Å². The van der Waals surface area contributed by atoms with E-state index in [1.807, 2.05) is 10.8 Å². The molecule has 7 nitrogen and oxygen atoms in total. The molecule has 2 rings (SSSR count). The lowest BCUT2D eigenvalue weighted by Crippen LogP contribution is -2.25. The van der Waals surface area contributed by atoms with E-state index in [0.717, 1.165) is 6.54 Å². The van der Waals surface area contributed by atoms with E-state index in [2.05, 4.69) is 23.6 Å². The SMILES string of the molecule is Cc1cc(S(=O)(=O)NCc2nccn2CC(C)C)ccc1C(=O)O. The van der Waals surface area contributed by atoms with Crippen molar-refractivity contribution in [1.29, 1.82) is 0 Å². The van der Waals surface area contributed by atoms with E-state index >= 15 is 0 Å². The van der Waals surface area contributed by atoms with Crippen molar-refractivity contribution in [3.63, 3.8) is 0 Å². The van der Waals surface area contributed by atoms with Crippen molar-refractivity contribution in [3.05, 3.63) is 47.5 Å². The van der Waals surface area contributed by atoms with Crippen LogP contribution in [0.25, 0.3) is 0 Å². The Balaban J connectivity index is 2.16. The highest BCUT2D eigenvalue weighted by atomic mass is 32.2. The number of carboxylic acid groups (broad SMARTS) is 1. The van der Waals surface area contributed by atoms with E-state index in [0.29, 0.717) is 17.3 Å². The molecule has 1 aromatic carbocycles. The molecule has 1 aromatic heterocycles. The number of rotatable bonds is 7. The summed E-state index contributed by atoms with van der Waals surface area (Å²) >= 11 is 0. The van der Waals surface area contributed by atoms with Crippen molar-refractivity contribution < 1.29 is 18.3 Å². The van der Waals surface area contributed by atoms with Crippen LogP contribution in [0.2, 0.25) is 0 Å². The van der Waals surface area contributed by atoms with Crippen molar-refractivity contribution >= 4 is 16.0 Å². The van der Waals surface area contributed by atoms with Crippen molar-refractivity contribution in [3.8, 4) is 0 Å². The lowest BCUT2D eigenvalue weighted by molar-refractivity contribution is 0.0696. The van der Waals surface area contributed by atoms with Gasteiger partial charge < -0.3 is 9.67 Å². The number of carboxylic acids is 1. The lowest BCUT2D eigenvalue weighted by atomic mass is 10.1. The van der Waals surface area contributed by atoms with Gasteiger partial charge in [0.25, 0.3) is 0 Å². The average molecular weight is 351 g/mol. The number of imidazole rings is 1. The van der Waals surface area contributed by atoms with Gasteiger partial charge in [-0.25, -0.2) is 22.9 Å². The number of aromatic carboxylic acids is 1. The van der Waals surface area contributed by atoms with E-state index in [9.17, 15) is 13.2 Å². The van der Waals surface area contributed by atoms with Gasteiger partial charge in [0.1, 0.15) is 5.82 Å². The maximum Gasteiger partial charge on any atom is 0.335 e. The predicted octanol–water partition coefficient (Wildman–Crippen LogP) is 2.02. The van der Waals surface area contributed by atoms with Crippen LogP contribution < -0.4 is 4.72 Å². The molecule has 8 heteroatoms. The molecule has 0 radical (unpaired) electrons. The van der Waals surface area contributed by atoms with Gasteiger partial charge in [-0.3, -0.25) is 0 Å². The molecule has 0 fully saturated rings. The Morgan fingerprint density at radius 3 is 2.67 bits per heavy atom. The van der Waals surface area contributed by atoms with Gasteiger partial charge in [-0.15, -0.1) is 0 Å². The summed E-state index contributed by atoms with van der Waals surface area (Å²) in [5, 5.41) is 9.01. The number of nitrogens with one attached hydrogen (secondary N) is 1. The summed E-state index contributed by atoms with van der Waals surface area (Å²) in [6.07, 6.45) is 3.45. The predicted molar refractivity (Wildman–Crippen MR) is 89.2 cm³/mol. The fraction of sp³-hybridized carbons (Fsp3) is 0.375. The highest BCUT2D eigenvalue weighted by molar-refractivity contribution is 7.89. The maximum absolute atomic E-state index is 12.4. The second-order valence-corrected chi connectivity index (χ2v) is 7.76. The van der Waals surface area contributed by atoms with Gasteiger partial charge in [0.15, 0.2) is 0 Å².